The molecule has 0 aliphatic rings. The van der Waals surface area contributed by atoms with Gasteiger partial charge in [-0.15, -0.1) is 11.3 Å². The number of hydrogen-bond donors (Lipinski definition) is 1. The summed E-state index contributed by atoms with van der Waals surface area (Å²) in [7, 11) is 0. The van der Waals surface area contributed by atoms with Crippen LogP contribution < -0.4 is 5.32 Å². The van der Waals surface area contributed by atoms with E-state index in [1.807, 2.05) is 11.4 Å². The van der Waals surface area contributed by atoms with Gasteiger partial charge in [0.2, 0.25) is 0 Å². The summed E-state index contributed by atoms with van der Waals surface area (Å²) in [4.78, 5) is 12.4. The van der Waals surface area contributed by atoms with Gasteiger partial charge < -0.3 is 9.88 Å². The Hall–Kier alpha value is -1.79. The van der Waals surface area contributed by atoms with Gasteiger partial charge in [0.1, 0.15) is 5.69 Å². The van der Waals surface area contributed by atoms with Crippen LogP contribution in [-0.4, -0.2) is 26.8 Å². The minimum atomic E-state index is -0.0599. The lowest BCUT2D eigenvalue weighted by Crippen LogP contribution is -2.29. The highest BCUT2D eigenvalue weighted by Gasteiger charge is 2.17. The van der Waals surface area contributed by atoms with Gasteiger partial charge in [0, 0.05) is 18.8 Å². The molecular weight excluding hydrogens is 320 g/mol. The number of carbonyl (C=O) groups is 1. The van der Waals surface area contributed by atoms with Crippen LogP contribution in [0, 0.1) is 0 Å². The highest BCUT2D eigenvalue weighted by atomic mass is 35.5. The van der Waals surface area contributed by atoms with Crippen LogP contribution >= 0.6 is 22.9 Å². The normalized spacial score (nSPS) is 11.5. The molecule has 0 unspecified atom stereocenters. The third-order valence-corrected chi connectivity index (χ3v) is 4.49. The number of carbonyl (C=O) groups excluding carboxylic acids is 1. The van der Waals surface area contributed by atoms with E-state index in [0.717, 1.165) is 10.2 Å². The van der Waals surface area contributed by atoms with Gasteiger partial charge in [-0.05, 0) is 31.4 Å². The predicted octanol–water partition coefficient (Wildman–Crippen LogP) is 3.56. The maximum Gasteiger partial charge on any atom is 0.268 e. The van der Waals surface area contributed by atoms with Gasteiger partial charge in [-0.2, -0.15) is 5.10 Å². The molecular formula is C15H17ClN4OS. The summed E-state index contributed by atoms with van der Waals surface area (Å²) < 4.78 is 4.92. The van der Waals surface area contributed by atoms with Crippen molar-refractivity contribution in [3.8, 4) is 0 Å². The first-order valence-corrected chi connectivity index (χ1v) is 8.36. The molecule has 7 heteroatoms. The molecule has 0 aromatic carbocycles. The fourth-order valence-electron chi connectivity index (χ4n) is 2.51. The second kappa shape index (κ2) is 6.14. The SMILES string of the molecule is CC(C)n1c(C(=O)NCCn2cc(Cl)cn2)cc2sccc21. The summed E-state index contributed by atoms with van der Waals surface area (Å²) in [6.45, 7) is 5.27. The number of nitrogens with one attached hydrogen (secondary N) is 1. The highest BCUT2D eigenvalue weighted by Crippen LogP contribution is 2.28. The number of fused-ring (bicyclic) bond motifs is 1. The second-order valence-corrected chi connectivity index (χ2v) is 6.73. The van der Waals surface area contributed by atoms with Gasteiger partial charge in [-0.3, -0.25) is 9.48 Å². The first kappa shape index (κ1) is 15.1. The van der Waals surface area contributed by atoms with Crippen LogP contribution in [0.2, 0.25) is 5.02 Å². The lowest BCUT2D eigenvalue weighted by molar-refractivity contribution is 0.0941. The van der Waals surface area contributed by atoms with E-state index in [1.165, 1.54) is 0 Å². The lowest BCUT2D eigenvalue weighted by Gasteiger charge is -2.14. The van der Waals surface area contributed by atoms with Crippen molar-refractivity contribution in [1.82, 2.24) is 19.7 Å². The van der Waals surface area contributed by atoms with Crippen LogP contribution in [0.1, 0.15) is 30.4 Å². The van der Waals surface area contributed by atoms with Gasteiger partial charge >= 0.3 is 0 Å². The Morgan fingerprint density at radius 1 is 1.50 bits per heavy atom. The minimum absolute atomic E-state index is 0.0599. The predicted molar refractivity (Wildman–Crippen MR) is 89.8 cm³/mol. The smallest absolute Gasteiger partial charge is 0.268 e. The summed E-state index contributed by atoms with van der Waals surface area (Å²) in [5, 5.41) is 9.68. The van der Waals surface area contributed by atoms with E-state index < -0.39 is 0 Å². The van der Waals surface area contributed by atoms with Gasteiger partial charge in [-0.1, -0.05) is 11.6 Å². The summed E-state index contributed by atoms with van der Waals surface area (Å²) >= 11 is 7.46. The number of rotatable bonds is 5. The molecule has 1 N–H and O–H groups in total. The van der Waals surface area contributed by atoms with Crippen molar-refractivity contribution in [1.29, 1.82) is 0 Å². The molecule has 0 saturated heterocycles. The fraction of sp³-hybridized carbons (Fsp3) is 0.333. The number of amides is 1. The van der Waals surface area contributed by atoms with E-state index in [-0.39, 0.29) is 11.9 Å². The molecule has 0 bridgehead atoms. The molecule has 0 radical (unpaired) electrons. The molecule has 3 rings (SSSR count). The average Bonchev–Trinajstić information content (AvgIpc) is 3.12. The first-order valence-electron chi connectivity index (χ1n) is 7.11. The molecule has 22 heavy (non-hydrogen) atoms. The lowest BCUT2D eigenvalue weighted by atomic mass is 10.3. The minimum Gasteiger partial charge on any atom is -0.349 e. The molecule has 0 atom stereocenters. The molecule has 3 aromatic heterocycles. The van der Waals surface area contributed by atoms with Crippen LogP contribution in [-0.2, 0) is 6.54 Å². The summed E-state index contributed by atoms with van der Waals surface area (Å²) in [5.74, 6) is -0.0599. The molecule has 0 aliphatic heterocycles. The van der Waals surface area contributed by atoms with Gasteiger partial charge in [0.15, 0.2) is 0 Å². The van der Waals surface area contributed by atoms with Gasteiger partial charge in [0.25, 0.3) is 5.91 Å². The Morgan fingerprint density at radius 2 is 2.32 bits per heavy atom. The molecule has 5 nitrogen and oxygen atoms in total. The maximum absolute atomic E-state index is 12.4. The summed E-state index contributed by atoms with van der Waals surface area (Å²) in [6, 6.07) is 4.25. The maximum atomic E-state index is 12.4. The van der Waals surface area contributed by atoms with Crippen LogP contribution in [0.15, 0.2) is 29.9 Å². The quantitative estimate of drug-likeness (QED) is 0.774. The van der Waals surface area contributed by atoms with Crippen LogP contribution in [0.3, 0.4) is 0 Å². The van der Waals surface area contributed by atoms with Crippen LogP contribution in [0.4, 0.5) is 0 Å². The van der Waals surface area contributed by atoms with E-state index in [2.05, 4.69) is 34.9 Å². The number of halogens is 1. The van der Waals surface area contributed by atoms with E-state index >= 15 is 0 Å². The number of hydrogen-bond acceptors (Lipinski definition) is 3. The Kier molecular flexibility index (Phi) is 4.22. The standard InChI is InChI=1S/C15H17ClN4OS/c1-10(2)20-12-3-6-22-14(12)7-13(20)15(21)17-4-5-19-9-11(16)8-18-19/h3,6-10H,4-5H2,1-2H3,(H,17,21). The molecule has 116 valence electrons. The van der Waals surface area contributed by atoms with Crippen molar-refractivity contribution in [3.05, 3.63) is 40.6 Å². The van der Waals surface area contributed by atoms with Gasteiger partial charge in [-0.25, -0.2) is 0 Å². The zero-order chi connectivity index (χ0) is 15.7. The summed E-state index contributed by atoms with van der Waals surface area (Å²) in [5.41, 5.74) is 1.82. The Labute approximate surface area is 137 Å². The third-order valence-electron chi connectivity index (χ3n) is 3.44. The zero-order valence-corrected chi connectivity index (χ0v) is 14.0. The molecule has 0 saturated carbocycles. The number of aromatic nitrogens is 3. The van der Waals surface area contributed by atoms with E-state index in [9.17, 15) is 4.79 Å². The Morgan fingerprint density at radius 3 is 3.00 bits per heavy atom. The van der Waals surface area contributed by atoms with Crippen molar-refractivity contribution < 1.29 is 4.79 Å². The Balaban J connectivity index is 1.72. The molecule has 1 amide bonds. The number of thiophene rings is 1. The first-order chi connectivity index (χ1) is 10.6. The fourth-order valence-corrected chi connectivity index (χ4v) is 3.48. The van der Waals surface area contributed by atoms with Crippen molar-refractivity contribution in [3.63, 3.8) is 0 Å². The van der Waals surface area contributed by atoms with Crippen LogP contribution in [0.25, 0.3) is 10.2 Å². The van der Waals surface area contributed by atoms with E-state index in [4.69, 9.17) is 11.6 Å². The second-order valence-electron chi connectivity index (χ2n) is 5.34. The topological polar surface area (TPSA) is 51.9 Å². The average molecular weight is 337 g/mol. The monoisotopic (exact) mass is 336 g/mol. The van der Waals surface area contributed by atoms with Crippen molar-refractivity contribution in [2.75, 3.05) is 6.54 Å². The largest absolute Gasteiger partial charge is 0.349 e. The van der Waals surface area contributed by atoms with Crippen molar-refractivity contribution in [2.45, 2.75) is 26.4 Å². The molecule has 3 aromatic rings. The zero-order valence-electron chi connectivity index (χ0n) is 12.4. The van der Waals surface area contributed by atoms with Crippen molar-refractivity contribution >= 4 is 39.1 Å². The highest BCUT2D eigenvalue weighted by molar-refractivity contribution is 7.17. The third kappa shape index (κ3) is 2.89. The molecule has 0 aliphatic carbocycles. The molecule has 0 fully saturated rings. The Bertz CT molecular complexity index is 802. The molecule has 3 heterocycles. The number of nitrogens with zero attached hydrogens (tertiary/aromatic N) is 3. The molecule has 0 spiro atoms. The van der Waals surface area contributed by atoms with E-state index in [1.54, 1.807) is 28.4 Å². The summed E-state index contributed by atoms with van der Waals surface area (Å²) in [6.07, 6.45) is 3.32. The van der Waals surface area contributed by atoms with Crippen molar-refractivity contribution in [2.24, 2.45) is 0 Å². The van der Waals surface area contributed by atoms with Gasteiger partial charge in [0.05, 0.1) is 28.0 Å². The van der Waals surface area contributed by atoms with E-state index in [0.29, 0.717) is 23.8 Å². The van der Waals surface area contributed by atoms with Crippen LogP contribution in [0.5, 0.6) is 0 Å².